The highest BCUT2D eigenvalue weighted by Crippen LogP contribution is 2.07. The molecule has 0 amide bonds. The van der Waals surface area contributed by atoms with E-state index in [0.29, 0.717) is 12.0 Å². The van der Waals surface area contributed by atoms with Crippen LogP contribution in [0.25, 0.3) is 0 Å². The van der Waals surface area contributed by atoms with Gasteiger partial charge in [-0.2, -0.15) is 0 Å². The molecular formula is C14H26N2O2. The number of carboxylic acid groups (broad SMARTS) is 1. The summed E-state index contributed by atoms with van der Waals surface area (Å²) >= 11 is 0. The number of piperazine rings is 1. The van der Waals surface area contributed by atoms with Gasteiger partial charge in [-0.1, -0.05) is 26.8 Å². The van der Waals surface area contributed by atoms with Gasteiger partial charge in [-0.05, 0) is 12.3 Å². The zero-order valence-electron chi connectivity index (χ0n) is 11.9. The Morgan fingerprint density at radius 2 is 1.78 bits per heavy atom. The van der Waals surface area contributed by atoms with Gasteiger partial charge in [-0.3, -0.25) is 4.90 Å². The first-order chi connectivity index (χ1) is 8.52. The maximum Gasteiger partial charge on any atom is 0.331 e. The molecule has 18 heavy (non-hydrogen) atoms. The number of carbonyl (C=O) groups is 1. The van der Waals surface area contributed by atoms with Crippen LogP contribution in [0.3, 0.4) is 0 Å². The van der Waals surface area contributed by atoms with Gasteiger partial charge in [0.05, 0.1) is 0 Å². The lowest BCUT2D eigenvalue weighted by Crippen LogP contribution is -2.47. The number of nitrogens with zero attached hydrogens (tertiary/aromatic N) is 2. The van der Waals surface area contributed by atoms with E-state index in [1.54, 1.807) is 0 Å². The lowest BCUT2D eigenvalue weighted by Gasteiger charge is -2.35. The van der Waals surface area contributed by atoms with Crippen molar-refractivity contribution in [2.24, 2.45) is 5.92 Å². The Hall–Kier alpha value is -0.870. The van der Waals surface area contributed by atoms with Crippen molar-refractivity contribution in [2.45, 2.75) is 27.2 Å². The minimum Gasteiger partial charge on any atom is -0.478 e. The van der Waals surface area contributed by atoms with Gasteiger partial charge in [-0.25, -0.2) is 4.79 Å². The molecule has 1 aliphatic rings. The maximum atomic E-state index is 10.9. The highest BCUT2D eigenvalue weighted by molar-refractivity contribution is 5.86. The third kappa shape index (κ3) is 5.19. The van der Waals surface area contributed by atoms with E-state index >= 15 is 0 Å². The lowest BCUT2D eigenvalue weighted by atomic mass is 10.1. The molecule has 1 rings (SSSR count). The Balaban J connectivity index is 2.33. The summed E-state index contributed by atoms with van der Waals surface area (Å²) in [6, 6.07) is 0. The van der Waals surface area contributed by atoms with Crippen LogP contribution in [0.1, 0.15) is 27.2 Å². The fourth-order valence-corrected chi connectivity index (χ4v) is 2.29. The molecule has 0 aliphatic carbocycles. The van der Waals surface area contributed by atoms with Crippen LogP contribution in [0, 0.1) is 5.92 Å². The summed E-state index contributed by atoms with van der Waals surface area (Å²) in [6.45, 7) is 12.6. The van der Waals surface area contributed by atoms with Gasteiger partial charge in [0.25, 0.3) is 0 Å². The third-order valence-corrected chi connectivity index (χ3v) is 3.34. The van der Waals surface area contributed by atoms with Crippen LogP contribution >= 0.6 is 0 Å². The fraction of sp³-hybridized carbons (Fsp3) is 0.786. The van der Waals surface area contributed by atoms with Gasteiger partial charge in [0.2, 0.25) is 0 Å². The largest absolute Gasteiger partial charge is 0.478 e. The SMILES string of the molecule is CCC(=CCN1CCN(CC(C)C)CC1)C(=O)O. The summed E-state index contributed by atoms with van der Waals surface area (Å²) < 4.78 is 0. The second kappa shape index (κ2) is 7.54. The van der Waals surface area contributed by atoms with E-state index < -0.39 is 5.97 Å². The summed E-state index contributed by atoms with van der Waals surface area (Å²) in [5, 5.41) is 8.95. The molecule has 4 nitrogen and oxygen atoms in total. The molecule has 0 aromatic carbocycles. The Morgan fingerprint density at radius 1 is 1.22 bits per heavy atom. The Morgan fingerprint density at radius 3 is 2.22 bits per heavy atom. The quantitative estimate of drug-likeness (QED) is 0.732. The molecule has 1 aliphatic heterocycles. The predicted molar refractivity (Wildman–Crippen MR) is 73.7 cm³/mol. The maximum absolute atomic E-state index is 10.9. The van der Waals surface area contributed by atoms with Gasteiger partial charge in [-0.15, -0.1) is 0 Å². The first kappa shape index (κ1) is 15.2. The van der Waals surface area contributed by atoms with Crippen LogP contribution in [0.2, 0.25) is 0 Å². The smallest absolute Gasteiger partial charge is 0.331 e. The Labute approximate surface area is 110 Å². The Kier molecular flexibility index (Phi) is 6.36. The number of rotatable bonds is 6. The van der Waals surface area contributed by atoms with Crippen molar-refractivity contribution in [3.63, 3.8) is 0 Å². The van der Waals surface area contributed by atoms with Crippen molar-refractivity contribution in [3.8, 4) is 0 Å². The minimum absolute atomic E-state index is 0.527. The van der Waals surface area contributed by atoms with E-state index in [1.165, 1.54) is 6.54 Å². The minimum atomic E-state index is -0.782. The van der Waals surface area contributed by atoms with Crippen LogP contribution in [-0.2, 0) is 4.79 Å². The van der Waals surface area contributed by atoms with Crippen molar-refractivity contribution < 1.29 is 9.90 Å². The van der Waals surface area contributed by atoms with Crippen LogP contribution in [-0.4, -0.2) is 60.1 Å². The second-order valence-corrected chi connectivity index (χ2v) is 5.38. The second-order valence-electron chi connectivity index (χ2n) is 5.38. The molecule has 1 fully saturated rings. The van der Waals surface area contributed by atoms with Crippen molar-refractivity contribution >= 4 is 5.97 Å². The average Bonchev–Trinajstić information content (AvgIpc) is 2.31. The molecule has 0 aromatic rings. The standard InChI is InChI=1S/C14H26N2O2/c1-4-13(14(17)18)5-6-15-7-9-16(10-8-15)11-12(2)3/h5,12H,4,6-11H2,1-3H3,(H,17,18). The van der Waals surface area contributed by atoms with E-state index in [1.807, 2.05) is 13.0 Å². The van der Waals surface area contributed by atoms with Crippen LogP contribution in [0.5, 0.6) is 0 Å². The summed E-state index contributed by atoms with van der Waals surface area (Å²) in [7, 11) is 0. The number of aliphatic carboxylic acids is 1. The van der Waals surface area contributed by atoms with Gasteiger partial charge in [0.1, 0.15) is 0 Å². The molecule has 0 atom stereocenters. The highest BCUT2D eigenvalue weighted by atomic mass is 16.4. The topological polar surface area (TPSA) is 43.8 Å². The number of hydrogen-bond acceptors (Lipinski definition) is 3. The molecule has 1 heterocycles. The third-order valence-electron chi connectivity index (χ3n) is 3.34. The van der Waals surface area contributed by atoms with Crippen LogP contribution in [0.4, 0.5) is 0 Å². The van der Waals surface area contributed by atoms with Crippen molar-refractivity contribution in [2.75, 3.05) is 39.3 Å². The zero-order valence-corrected chi connectivity index (χ0v) is 11.9. The first-order valence-electron chi connectivity index (χ1n) is 6.90. The average molecular weight is 254 g/mol. The van der Waals surface area contributed by atoms with Crippen molar-refractivity contribution in [1.29, 1.82) is 0 Å². The molecule has 0 bridgehead atoms. The van der Waals surface area contributed by atoms with E-state index in [0.717, 1.165) is 38.6 Å². The molecule has 0 aromatic heterocycles. The summed E-state index contributed by atoms with van der Waals surface area (Å²) in [5.74, 6) is -0.0638. The lowest BCUT2D eigenvalue weighted by molar-refractivity contribution is -0.132. The molecule has 104 valence electrons. The molecule has 0 unspecified atom stereocenters. The Bertz CT molecular complexity index is 292. The van der Waals surface area contributed by atoms with E-state index in [4.69, 9.17) is 5.11 Å². The van der Waals surface area contributed by atoms with Gasteiger partial charge in [0.15, 0.2) is 0 Å². The predicted octanol–water partition coefficient (Wildman–Crippen LogP) is 1.68. The van der Waals surface area contributed by atoms with Crippen molar-refractivity contribution in [1.82, 2.24) is 9.80 Å². The molecule has 0 saturated carbocycles. The van der Waals surface area contributed by atoms with Gasteiger partial charge >= 0.3 is 5.97 Å². The molecule has 1 N–H and O–H groups in total. The van der Waals surface area contributed by atoms with E-state index in [9.17, 15) is 4.79 Å². The first-order valence-corrected chi connectivity index (χ1v) is 6.90. The van der Waals surface area contributed by atoms with Crippen LogP contribution in [0.15, 0.2) is 11.6 Å². The normalized spacial score (nSPS) is 19.4. The summed E-state index contributed by atoms with van der Waals surface area (Å²) in [4.78, 5) is 15.7. The number of hydrogen-bond donors (Lipinski definition) is 1. The van der Waals surface area contributed by atoms with Gasteiger partial charge < -0.3 is 10.0 Å². The fourth-order valence-electron chi connectivity index (χ4n) is 2.29. The van der Waals surface area contributed by atoms with Crippen molar-refractivity contribution in [3.05, 3.63) is 11.6 Å². The summed E-state index contributed by atoms with van der Waals surface area (Å²) in [6.07, 6.45) is 2.46. The van der Waals surface area contributed by atoms with E-state index in [-0.39, 0.29) is 0 Å². The molecular weight excluding hydrogens is 228 g/mol. The van der Waals surface area contributed by atoms with Crippen LogP contribution < -0.4 is 0 Å². The van der Waals surface area contributed by atoms with Gasteiger partial charge in [0, 0.05) is 44.8 Å². The van der Waals surface area contributed by atoms with E-state index in [2.05, 4.69) is 23.6 Å². The number of carboxylic acids is 1. The molecule has 1 saturated heterocycles. The monoisotopic (exact) mass is 254 g/mol. The zero-order chi connectivity index (χ0) is 13.5. The summed E-state index contributed by atoms with van der Waals surface area (Å²) in [5.41, 5.74) is 0.527. The molecule has 4 heteroatoms. The molecule has 0 spiro atoms. The molecule has 0 radical (unpaired) electrons. The highest BCUT2D eigenvalue weighted by Gasteiger charge is 2.16.